The second kappa shape index (κ2) is 6.11. The van der Waals surface area contributed by atoms with Crippen LogP contribution in [0.5, 0.6) is 0 Å². The fraction of sp³-hybridized carbons (Fsp3) is 0.917. The van der Waals surface area contributed by atoms with Crippen molar-refractivity contribution in [2.24, 2.45) is 5.73 Å². The second-order valence-electron chi connectivity index (χ2n) is 4.62. The van der Waals surface area contributed by atoms with E-state index < -0.39 is 5.54 Å². The van der Waals surface area contributed by atoms with E-state index in [1.807, 2.05) is 0 Å². The number of hydrogen-bond acceptors (Lipinski definition) is 3. The van der Waals surface area contributed by atoms with Crippen molar-refractivity contribution in [1.29, 1.82) is 0 Å². The van der Waals surface area contributed by atoms with Crippen molar-refractivity contribution >= 4 is 5.97 Å². The number of carbonyl (C=O) groups is 1. The van der Waals surface area contributed by atoms with Crippen LogP contribution in [-0.2, 0) is 9.53 Å². The van der Waals surface area contributed by atoms with Gasteiger partial charge < -0.3 is 10.5 Å². The van der Waals surface area contributed by atoms with Gasteiger partial charge >= 0.3 is 5.97 Å². The Morgan fingerprint density at radius 3 is 1.80 bits per heavy atom. The zero-order valence-corrected chi connectivity index (χ0v) is 9.76. The van der Waals surface area contributed by atoms with Crippen LogP contribution in [0.4, 0.5) is 0 Å². The zero-order chi connectivity index (χ0) is 11.1. The van der Waals surface area contributed by atoms with Crippen LogP contribution in [0.1, 0.15) is 57.8 Å². The summed E-state index contributed by atoms with van der Waals surface area (Å²) in [5.74, 6) is -0.233. The lowest BCUT2D eigenvalue weighted by atomic mass is 9.86. The highest BCUT2D eigenvalue weighted by molar-refractivity contribution is 5.80. The molecule has 0 aromatic rings. The molecule has 1 aliphatic carbocycles. The molecule has 15 heavy (non-hydrogen) atoms. The molecule has 0 atom stereocenters. The Bertz CT molecular complexity index is 194. The summed E-state index contributed by atoms with van der Waals surface area (Å²) in [5, 5.41) is 0. The van der Waals surface area contributed by atoms with Crippen LogP contribution in [0.25, 0.3) is 0 Å². The Balaban J connectivity index is 2.53. The van der Waals surface area contributed by atoms with Crippen molar-refractivity contribution in [2.75, 3.05) is 7.11 Å². The fourth-order valence-electron chi connectivity index (χ4n) is 2.30. The van der Waals surface area contributed by atoms with Gasteiger partial charge in [0.2, 0.25) is 0 Å². The van der Waals surface area contributed by atoms with E-state index in [0.717, 1.165) is 25.7 Å². The van der Waals surface area contributed by atoms with E-state index in [2.05, 4.69) is 0 Å². The standard InChI is InChI=1S/C12H23NO2/c1-15-11(14)12(13)9-7-5-3-2-4-6-8-10-12/h2-10,13H2,1H3. The van der Waals surface area contributed by atoms with Crippen LogP contribution >= 0.6 is 0 Å². The maximum Gasteiger partial charge on any atom is 0.325 e. The number of rotatable bonds is 1. The summed E-state index contributed by atoms with van der Waals surface area (Å²) >= 11 is 0. The first kappa shape index (κ1) is 12.5. The van der Waals surface area contributed by atoms with Gasteiger partial charge in [0.15, 0.2) is 0 Å². The van der Waals surface area contributed by atoms with Crippen molar-refractivity contribution in [3.8, 4) is 0 Å². The lowest BCUT2D eigenvalue weighted by Crippen LogP contribution is -2.48. The van der Waals surface area contributed by atoms with Gasteiger partial charge in [-0.05, 0) is 12.8 Å². The molecule has 1 fully saturated rings. The lowest BCUT2D eigenvalue weighted by Gasteiger charge is -2.27. The third kappa shape index (κ3) is 3.82. The van der Waals surface area contributed by atoms with Crippen LogP contribution in [0, 0.1) is 0 Å². The molecule has 0 amide bonds. The van der Waals surface area contributed by atoms with Crippen LogP contribution in [-0.4, -0.2) is 18.6 Å². The molecule has 1 rings (SSSR count). The maximum atomic E-state index is 11.6. The van der Waals surface area contributed by atoms with Gasteiger partial charge in [0.25, 0.3) is 0 Å². The van der Waals surface area contributed by atoms with Crippen LogP contribution in [0.15, 0.2) is 0 Å². The summed E-state index contributed by atoms with van der Waals surface area (Å²) in [4.78, 5) is 11.6. The summed E-state index contributed by atoms with van der Waals surface area (Å²) in [5.41, 5.74) is 5.41. The van der Waals surface area contributed by atoms with Gasteiger partial charge in [0.05, 0.1) is 7.11 Å². The highest BCUT2D eigenvalue weighted by atomic mass is 16.5. The largest absolute Gasteiger partial charge is 0.468 e. The molecule has 0 aromatic carbocycles. The molecule has 0 aliphatic heterocycles. The molecule has 1 aliphatic rings. The first-order chi connectivity index (χ1) is 7.19. The van der Waals surface area contributed by atoms with Crippen LogP contribution < -0.4 is 5.73 Å². The molecule has 88 valence electrons. The van der Waals surface area contributed by atoms with Crippen molar-refractivity contribution < 1.29 is 9.53 Å². The molecular formula is C12H23NO2. The van der Waals surface area contributed by atoms with E-state index in [-0.39, 0.29) is 5.97 Å². The normalized spacial score (nSPS) is 23.1. The minimum atomic E-state index is -0.716. The minimum Gasteiger partial charge on any atom is -0.468 e. The van der Waals surface area contributed by atoms with E-state index in [1.54, 1.807) is 0 Å². The van der Waals surface area contributed by atoms with Gasteiger partial charge in [-0.3, -0.25) is 4.79 Å². The van der Waals surface area contributed by atoms with Gasteiger partial charge in [-0.2, -0.15) is 0 Å². The Hall–Kier alpha value is -0.570. The van der Waals surface area contributed by atoms with Gasteiger partial charge in [-0.1, -0.05) is 44.9 Å². The first-order valence-corrected chi connectivity index (χ1v) is 6.06. The molecule has 1 saturated carbocycles. The molecule has 0 spiro atoms. The SMILES string of the molecule is COC(=O)C1(N)CCCCCCCCC1. The predicted octanol–water partition coefficient (Wildman–Crippen LogP) is 2.38. The Morgan fingerprint density at radius 1 is 1.00 bits per heavy atom. The van der Waals surface area contributed by atoms with E-state index in [4.69, 9.17) is 10.5 Å². The molecule has 0 aromatic heterocycles. The van der Waals surface area contributed by atoms with Crippen LogP contribution in [0.3, 0.4) is 0 Å². The van der Waals surface area contributed by atoms with Crippen molar-refractivity contribution in [1.82, 2.24) is 0 Å². The fourth-order valence-corrected chi connectivity index (χ4v) is 2.30. The molecule has 0 radical (unpaired) electrons. The lowest BCUT2D eigenvalue weighted by molar-refractivity contribution is -0.147. The molecule has 0 unspecified atom stereocenters. The highest BCUT2D eigenvalue weighted by Crippen LogP contribution is 2.24. The number of methoxy groups -OCH3 is 1. The van der Waals surface area contributed by atoms with E-state index in [9.17, 15) is 4.79 Å². The summed E-state index contributed by atoms with van der Waals surface area (Å²) in [7, 11) is 1.43. The third-order valence-electron chi connectivity index (χ3n) is 3.34. The summed E-state index contributed by atoms with van der Waals surface area (Å²) in [6.45, 7) is 0. The topological polar surface area (TPSA) is 52.3 Å². The quantitative estimate of drug-likeness (QED) is 0.680. The van der Waals surface area contributed by atoms with E-state index >= 15 is 0 Å². The predicted molar refractivity (Wildman–Crippen MR) is 60.5 cm³/mol. The van der Waals surface area contributed by atoms with E-state index in [0.29, 0.717) is 0 Å². The number of nitrogens with two attached hydrogens (primary N) is 1. The smallest absolute Gasteiger partial charge is 0.325 e. The third-order valence-corrected chi connectivity index (χ3v) is 3.34. The molecule has 0 saturated heterocycles. The number of hydrogen-bond donors (Lipinski definition) is 1. The number of esters is 1. The van der Waals surface area contributed by atoms with Gasteiger partial charge in [-0.25, -0.2) is 0 Å². The average molecular weight is 213 g/mol. The maximum absolute atomic E-state index is 11.6. The van der Waals surface area contributed by atoms with Crippen molar-refractivity contribution in [2.45, 2.75) is 63.3 Å². The second-order valence-corrected chi connectivity index (χ2v) is 4.62. The highest BCUT2D eigenvalue weighted by Gasteiger charge is 2.33. The van der Waals surface area contributed by atoms with Crippen molar-refractivity contribution in [3.05, 3.63) is 0 Å². The molecular weight excluding hydrogens is 190 g/mol. The zero-order valence-electron chi connectivity index (χ0n) is 9.76. The number of ether oxygens (including phenoxy) is 1. The monoisotopic (exact) mass is 213 g/mol. The molecule has 3 nitrogen and oxygen atoms in total. The van der Waals surface area contributed by atoms with E-state index in [1.165, 1.54) is 39.2 Å². The minimum absolute atomic E-state index is 0.233. The summed E-state index contributed by atoms with van der Waals surface area (Å²) in [6.07, 6.45) is 9.91. The van der Waals surface area contributed by atoms with Gasteiger partial charge in [-0.15, -0.1) is 0 Å². The van der Waals surface area contributed by atoms with Crippen molar-refractivity contribution in [3.63, 3.8) is 0 Å². The summed E-state index contributed by atoms with van der Waals surface area (Å²) < 4.78 is 4.80. The average Bonchev–Trinajstić information content (AvgIpc) is 2.26. The van der Waals surface area contributed by atoms with Gasteiger partial charge in [0, 0.05) is 0 Å². The van der Waals surface area contributed by atoms with Gasteiger partial charge in [0.1, 0.15) is 5.54 Å². The first-order valence-electron chi connectivity index (χ1n) is 6.06. The summed E-state index contributed by atoms with van der Waals surface area (Å²) in [6, 6.07) is 0. The van der Waals surface area contributed by atoms with Crippen LogP contribution in [0.2, 0.25) is 0 Å². The Labute approximate surface area is 92.4 Å². The molecule has 3 heteroatoms. The number of carbonyl (C=O) groups excluding carboxylic acids is 1. The Morgan fingerprint density at radius 2 is 1.40 bits per heavy atom. The Kier molecular flexibility index (Phi) is 5.09. The molecule has 0 heterocycles. The molecule has 2 N–H and O–H groups in total. The molecule has 0 bridgehead atoms.